The van der Waals surface area contributed by atoms with E-state index in [1.165, 1.54) is 4.68 Å². The lowest BCUT2D eigenvalue weighted by Crippen LogP contribution is -2.43. The Morgan fingerprint density at radius 1 is 1.40 bits per heavy atom. The maximum Gasteiger partial charge on any atom is 0.345 e. The number of ether oxygens (including phenoxy) is 1. The SMILES string of the molecule is Cc1cc(C)n(C(=O)N2CCOCC2)n1. The predicted octanol–water partition coefficient (Wildman–Crippen LogP) is 0.800. The normalized spacial score (nSPS) is 16.8. The number of aryl methyl sites for hydroxylation is 2. The monoisotopic (exact) mass is 209 g/mol. The molecule has 82 valence electrons. The first kappa shape index (κ1) is 10.2. The number of carbonyl (C=O) groups is 1. The molecule has 0 radical (unpaired) electrons. The van der Waals surface area contributed by atoms with E-state index in [-0.39, 0.29) is 6.03 Å². The van der Waals surface area contributed by atoms with Gasteiger partial charge < -0.3 is 9.64 Å². The molecule has 2 heterocycles. The smallest absolute Gasteiger partial charge is 0.345 e. The van der Waals surface area contributed by atoms with E-state index in [1.807, 2.05) is 19.9 Å². The molecule has 1 amide bonds. The van der Waals surface area contributed by atoms with Crippen LogP contribution in [0.1, 0.15) is 11.4 Å². The molecule has 0 aliphatic carbocycles. The Kier molecular flexibility index (Phi) is 2.73. The van der Waals surface area contributed by atoms with Gasteiger partial charge in [-0.2, -0.15) is 9.78 Å². The average Bonchev–Trinajstić information content (AvgIpc) is 2.58. The third-order valence-electron chi connectivity index (χ3n) is 2.47. The summed E-state index contributed by atoms with van der Waals surface area (Å²) in [6, 6.07) is 1.85. The van der Waals surface area contributed by atoms with Crippen molar-refractivity contribution in [3.05, 3.63) is 17.5 Å². The quantitative estimate of drug-likeness (QED) is 0.635. The molecule has 5 heteroatoms. The maximum absolute atomic E-state index is 12.0. The van der Waals surface area contributed by atoms with E-state index in [2.05, 4.69) is 5.10 Å². The summed E-state index contributed by atoms with van der Waals surface area (Å²) in [5, 5.41) is 4.17. The zero-order chi connectivity index (χ0) is 10.8. The first-order chi connectivity index (χ1) is 7.18. The van der Waals surface area contributed by atoms with E-state index >= 15 is 0 Å². The van der Waals surface area contributed by atoms with Crippen LogP contribution in [0.4, 0.5) is 4.79 Å². The molecule has 1 aromatic rings. The molecule has 1 saturated heterocycles. The molecule has 0 spiro atoms. The van der Waals surface area contributed by atoms with Gasteiger partial charge in [-0.1, -0.05) is 0 Å². The summed E-state index contributed by atoms with van der Waals surface area (Å²) in [5.41, 5.74) is 1.75. The van der Waals surface area contributed by atoms with Crippen LogP contribution in [0.2, 0.25) is 0 Å². The molecule has 0 N–H and O–H groups in total. The Morgan fingerprint density at radius 3 is 2.60 bits per heavy atom. The third-order valence-corrected chi connectivity index (χ3v) is 2.47. The molecule has 0 atom stereocenters. The molecule has 2 rings (SSSR count). The van der Waals surface area contributed by atoms with Crippen LogP contribution in [-0.2, 0) is 4.74 Å². The summed E-state index contributed by atoms with van der Waals surface area (Å²) in [4.78, 5) is 13.8. The summed E-state index contributed by atoms with van der Waals surface area (Å²) in [7, 11) is 0. The maximum atomic E-state index is 12.0. The summed E-state index contributed by atoms with van der Waals surface area (Å²) in [6.07, 6.45) is 0. The number of hydrogen-bond acceptors (Lipinski definition) is 3. The Morgan fingerprint density at radius 2 is 2.07 bits per heavy atom. The lowest BCUT2D eigenvalue weighted by Gasteiger charge is -2.26. The molecule has 5 nitrogen and oxygen atoms in total. The van der Waals surface area contributed by atoms with Crippen LogP contribution in [-0.4, -0.2) is 47.0 Å². The van der Waals surface area contributed by atoms with Crippen molar-refractivity contribution >= 4 is 6.03 Å². The molecule has 0 saturated carbocycles. The number of nitrogens with zero attached hydrogens (tertiary/aromatic N) is 3. The van der Waals surface area contributed by atoms with Crippen molar-refractivity contribution in [3.8, 4) is 0 Å². The van der Waals surface area contributed by atoms with Gasteiger partial charge in [0.25, 0.3) is 0 Å². The van der Waals surface area contributed by atoms with E-state index in [1.54, 1.807) is 4.90 Å². The predicted molar refractivity (Wildman–Crippen MR) is 54.9 cm³/mol. The molecule has 1 aromatic heterocycles. The summed E-state index contributed by atoms with van der Waals surface area (Å²) >= 11 is 0. The van der Waals surface area contributed by atoms with Crippen LogP contribution >= 0.6 is 0 Å². The van der Waals surface area contributed by atoms with E-state index in [4.69, 9.17) is 4.74 Å². The zero-order valence-corrected chi connectivity index (χ0v) is 9.06. The van der Waals surface area contributed by atoms with Crippen molar-refractivity contribution in [2.24, 2.45) is 0 Å². The minimum Gasteiger partial charge on any atom is -0.378 e. The topological polar surface area (TPSA) is 47.4 Å². The van der Waals surface area contributed by atoms with E-state index in [0.717, 1.165) is 11.4 Å². The van der Waals surface area contributed by atoms with Gasteiger partial charge in [-0.25, -0.2) is 4.79 Å². The fraction of sp³-hybridized carbons (Fsp3) is 0.600. The molecule has 1 aliphatic rings. The van der Waals surface area contributed by atoms with Crippen molar-refractivity contribution in [2.75, 3.05) is 26.3 Å². The second-order valence-electron chi connectivity index (χ2n) is 3.72. The second-order valence-corrected chi connectivity index (χ2v) is 3.72. The second kappa shape index (κ2) is 4.02. The van der Waals surface area contributed by atoms with Gasteiger partial charge in [0.2, 0.25) is 0 Å². The molecule has 1 fully saturated rings. The summed E-state index contributed by atoms with van der Waals surface area (Å²) < 4.78 is 6.66. The highest BCUT2D eigenvalue weighted by Gasteiger charge is 2.20. The Balaban J connectivity index is 2.16. The van der Waals surface area contributed by atoms with Crippen LogP contribution in [0.3, 0.4) is 0 Å². The van der Waals surface area contributed by atoms with Crippen molar-refractivity contribution in [2.45, 2.75) is 13.8 Å². The molecular weight excluding hydrogens is 194 g/mol. The minimum absolute atomic E-state index is 0.0519. The molecule has 0 aromatic carbocycles. The molecule has 0 unspecified atom stereocenters. The highest BCUT2D eigenvalue weighted by molar-refractivity contribution is 5.76. The van der Waals surface area contributed by atoms with Gasteiger partial charge in [0.1, 0.15) is 0 Å². The van der Waals surface area contributed by atoms with Gasteiger partial charge in [0.15, 0.2) is 0 Å². The Bertz CT molecular complexity index is 367. The van der Waals surface area contributed by atoms with Gasteiger partial charge >= 0.3 is 6.03 Å². The molecule has 0 bridgehead atoms. The zero-order valence-electron chi connectivity index (χ0n) is 9.06. The van der Waals surface area contributed by atoms with Gasteiger partial charge in [-0.3, -0.25) is 0 Å². The number of aromatic nitrogens is 2. The van der Waals surface area contributed by atoms with Crippen molar-refractivity contribution in [1.29, 1.82) is 0 Å². The van der Waals surface area contributed by atoms with E-state index < -0.39 is 0 Å². The first-order valence-electron chi connectivity index (χ1n) is 5.09. The molecule has 15 heavy (non-hydrogen) atoms. The lowest BCUT2D eigenvalue weighted by atomic mass is 10.4. The number of morpholine rings is 1. The first-order valence-corrected chi connectivity index (χ1v) is 5.09. The number of hydrogen-bond donors (Lipinski definition) is 0. The van der Waals surface area contributed by atoms with Crippen LogP contribution < -0.4 is 0 Å². The minimum atomic E-state index is -0.0519. The molecular formula is C10H15N3O2. The van der Waals surface area contributed by atoms with Crippen molar-refractivity contribution in [3.63, 3.8) is 0 Å². The van der Waals surface area contributed by atoms with Crippen LogP contribution in [0.25, 0.3) is 0 Å². The molecule has 1 aliphatic heterocycles. The van der Waals surface area contributed by atoms with Crippen molar-refractivity contribution in [1.82, 2.24) is 14.7 Å². The lowest BCUT2D eigenvalue weighted by molar-refractivity contribution is 0.0527. The van der Waals surface area contributed by atoms with E-state index in [0.29, 0.717) is 26.3 Å². The van der Waals surface area contributed by atoms with Gasteiger partial charge in [0.05, 0.1) is 18.9 Å². The van der Waals surface area contributed by atoms with Gasteiger partial charge in [0, 0.05) is 18.8 Å². The summed E-state index contributed by atoms with van der Waals surface area (Å²) in [6.45, 7) is 6.30. The van der Waals surface area contributed by atoms with Crippen LogP contribution in [0.15, 0.2) is 6.07 Å². The van der Waals surface area contributed by atoms with Crippen LogP contribution in [0.5, 0.6) is 0 Å². The fourth-order valence-corrected chi connectivity index (χ4v) is 1.71. The van der Waals surface area contributed by atoms with E-state index in [9.17, 15) is 4.79 Å². The highest BCUT2D eigenvalue weighted by Crippen LogP contribution is 2.06. The van der Waals surface area contributed by atoms with Gasteiger partial charge in [-0.05, 0) is 19.9 Å². The standard InChI is InChI=1S/C10H15N3O2/c1-8-7-9(2)13(11-8)10(14)12-3-5-15-6-4-12/h7H,3-6H2,1-2H3. The largest absolute Gasteiger partial charge is 0.378 e. The average molecular weight is 209 g/mol. The number of rotatable bonds is 0. The fourth-order valence-electron chi connectivity index (χ4n) is 1.71. The van der Waals surface area contributed by atoms with Crippen molar-refractivity contribution < 1.29 is 9.53 Å². The number of carbonyl (C=O) groups excluding carboxylic acids is 1. The summed E-state index contributed by atoms with van der Waals surface area (Å²) in [5.74, 6) is 0. The number of amides is 1. The Hall–Kier alpha value is -1.36. The Labute approximate surface area is 88.6 Å². The van der Waals surface area contributed by atoms with Gasteiger partial charge in [-0.15, -0.1) is 0 Å². The highest BCUT2D eigenvalue weighted by atomic mass is 16.5. The third kappa shape index (κ3) is 2.02. The van der Waals surface area contributed by atoms with Crippen LogP contribution in [0, 0.1) is 13.8 Å².